The summed E-state index contributed by atoms with van der Waals surface area (Å²) in [5.41, 5.74) is 0. The van der Waals surface area contributed by atoms with Crippen molar-refractivity contribution in [1.29, 1.82) is 0 Å². The summed E-state index contributed by atoms with van der Waals surface area (Å²) in [6.45, 7) is 4.97. The molecule has 0 fully saturated rings. The van der Waals surface area contributed by atoms with Gasteiger partial charge in [0.05, 0.1) is 25.4 Å². The number of allylic oxidation sites excluding steroid dienone is 2. The molecule has 0 spiro atoms. The predicted molar refractivity (Wildman–Crippen MR) is 315 cm³/mol. The van der Waals surface area contributed by atoms with Crippen LogP contribution in [0, 0.1) is 0 Å². The number of ether oxygens (including phenoxy) is 1. The van der Waals surface area contributed by atoms with Gasteiger partial charge in [0.1, 0.15) is 0 Å². The number of unbranched alkanes of at least 4 members (excludes halogenated alkanes) is 49. The Morgan fingerprint density at radius 2 is 0.653 bits per heavy atom. The molecule has 0 radical (unpaired) electrons. The highest BCUT2D eigenvalue weighted by Crippen LogP contribution is 2.19. The molecule has 0 aliphatic carbocycles. The lowest BCUT2D eigenvalue weighted by Gasteiger charge is -2.22. The lowest BCUT2D eigenvalue weighted by molar-refractivity contribution is -0.143. The number of amides is 1. The summed E-state index contributed by atoms with van der Waals surface area (Å²) in [7, 11) is 0. The smallest absolute Gasteiger partial charge is 0.305 e. The van der Waals surface area contributed by atoms with Crippen LogP contribution in [0.5, 0.6) is 0 Å². The lowest BCUT2D eigenvalue weighted by atomic mass is 10.0. The molecular formula is C66H129NO5. The van der Waals surface area contributed by atoms with Crippen LogP contribution in [0.1, 0.15) is 373 Å². The second-order valence-electron chi connectivity index (χ2n) is 22.8. The van der Waals surface area contributed by atoms with Crippen molar-refractivity contribution in [2.45, 2.75) is 386 Å². The molecule has 0 aromatic rings. The fourth-order valence-electron chi connectivity index (χ4n) is 10.5. The highest BCUT2D eigenvalue weighted by molar-refractivity contribution is 5.76. The third-order valence-corrected chi connectivity index (χ3v) is 15.6. The Balaban J connectivity index is 3.32. The molecule has 2 atom stereocenters. The number of aliphatic hydroxyl groups excluding tert-OH is 2. The lowest BCUT2D eigenvalue weighted by Crippen LogP contribution is -2.45. The first kappa shape index (κ1) is 70.6. The Kier molecular flexibility index (Phi) is 60.9. The predicted octanol–water partition coefficient (Wildman–Crippen LogP) is 20.8. The number of hydrogen-bond acceptors (Lipinski definition) is 5. The average Bonchev–Trinajstić information content (AvgIpc) is 3.38. The molecule has 0 bridgehead atoms. The zero-order valence-electron chi connectivity index (χ0n) is 48.9. The summed E-state index contributed by atoms with van der Waals surface area (Å²) < 4.78 is 5.49. The molecule has 0 saturated carbocycles. The van der Waals surface area contributed by atoms with Gasteiger partial charge in [0.25, 0.3) is 0 Å². The molecular weight excluding hydrogens is 887 g/mol. The van der Waals surface area contributed by atoms with Gasteiger partial charge in [-0.2, -0.15) is 0 Å². The third-order valence-electron chi connectivity index (χ3n) is 15.6. The molecule has 2 unspecified atom stereocenters. The Morgan fingerprint density at radius 1 is 0.375 bits per heavy atom. The van der Waals surface area contributed by atoms with E-state index in [1.54, 1.807) is 0 Å². The van der Waals surface area contributed by atoms with E-state index in [1.807, 2.05) is 0 Å². The van der Waals surface area contributed by atoms with E-state index in [0.717, 1.165) is 44.9 Å². The van der Waals surface area contributed by atoms with Crippen molar-refractivity contribution >= 4 is 11.9 Å². The van der Waals surface area contributed by atoms with Gasteiger partial charge >= 0.3 is 5.97 Å². The van der Waals surface area contributed by atoms with Gasteiger partial charge in [-0.05, 0) is 51.4 Å². The zero-order chi connectivity index (χ0) is 52.2. The Bertz CT molecular complexity index is 1080. The minimum absolute atomic E-state index is 0.0114. The molecule has 72 heavy (non-hydrogen) atoms. The molecule has 0 saturated heterocycles. The molecule has 0 rings (SSSR count). The summed E-state index contributed by atoms with van der Waals surface area (Å²) in [5.74, 6) is -0.0194. The Morgan fingerprint density at radius 3 is 0.986 bits per heavy atom. The molecule has 0 heterocycles. The number of esters is 1. The number of hydrogen-bond donors (Lipinski definition) is 3. The van der Waals surface area contributed by atoms with Crippen molar-refractivity contribution in [3.63, 3.8) is 0 Å². The normalized spacial score (nSPS) is 12.6. The van der Waals surface area contributed by atoms with Crippen LogP contribution in [0.2, 0.25) is 0 Å². The molecule has 0 aromatic carbocycles. The highest BCUT2D eigenvalue weighted by Gasteiger charge is 2.20. The molecule has 428 valence electrons. The Labute approximate surface area is 450 Å². The maximum atomic E-state index is 12.5. The van der Waals surface area contributed by atoms with E-state index >= 15 is 0 Å². The number of aliphatic hydroxyl groups is 2. The number of rotatable bonds is 62. The van der Waals surface area contributed by atoms with E-state index < -0.39 is 12.1 Å². The van der Waals surface area contributed by atoms with Crippen molar-refractivity contribution in [2.75, 3.05) is 13.2 Å². The molecule has 3 N–H and O–H groups in total. The van der Waals surface area contributed by atoms with E-state index in [-0.39, 0.29) is 18.5 Å². The van der Waals surface area contributed by atoms with Crippen molar-refractivity contribution in [3.8, 4) is 0 Å². The summed E-state index contributed by atoms with van der Waals surface area (Å²) in [6.07, 6.45) is 75.3. The largest absolute Gasteiger partial charge is 0.466 e. The molecule has 0 aliphatic rings. The summed E-state index contributed by atoms with van der Waals surface area (Å²) in [4.78, 5) is 24.5. The third kappa shape index (κ3) is 57.9. The summed E-state index contributed by atoms with van der Waals surface area (Å²) in [5, 5.41) is 23.2. The topological polar surface area (TPSA) is 95.9 Å². The van der Waals surface area contributed by atoms with Gasteiger partial charge in [-0.1, -0.05) is 321 Å². The van der Waals surface area contributed by atoms with Crippen LogP contribution in [-0.4, -0.2) is 47.4 Å². The van der Waals surface area contributed by atoms with Crippen LogP contribution in [-0.2, 0) is 14.3 Å². The van der Waals surface area contributed by atoms with Gasteiger partial charge in [0, 0.05) is 12.8 Å². The van der Waals surface area contributed by atoms with Gasteiger partial charge in [0.2, 0.25) is 5.91 Å². The van der Waals surface area contributed by atoms with Gasteiger partial charge in [-0.25, -0.2) is 0 Å². The number of carbonyl (C=O) groups is 2. The zero-order valence-corrected chi connectivity index (χ0v) is 48.9. The second-order valence-corrected chi connectivity index (χ2v) is 22.8. The standard InChI is InChI=1S/C66H129NO5/c1-3-5-7-9-11-13-15-17-18-33-36-40-44-48-52-56-60-66(71)72-61-57-53-49-45-41-37-34-31-29-27-25-23-21-19-20-22-24-26-28-30-32-35-39-43-47-51-55-59-65(70)67-63(62-68)64(69)58-54-50-46-42-38-16-14-12-10-8-6-4-2/h18,33,63-64,68-69H,3-17,19-32,34-62H2,1-2H3,(H,67,70)/b33-18-. The van der Waals surface area contributed by atoms with Gasteiger partial charge < -0.3 is 20.3 Å². The van der Waals surface area contributed by atoms with Crippen molar-refractivity contribution in [2.24, 2.45) is 0 Å². The molecule has 6 nitrogen and oxygen atoms in total. The first-order valence-corrected chi connectivity index (χ1v) is 32.9. The summed E-state index contributed by atoms with van der Waals surface area (Å²) in [6, 6.07) is -0.537. The van der Waals surface area contributed by atoms with Crippen molar-refractivity contribution < 1.29 is 24.5 Å². The molecule has 0 aliphatic heterocycles. The van der Waals surface area contributed by atoms with Crippen LogP contribution >= 0.6 is 0 Å². The first-order chi connectivity index (χ1) is 35.5. The first-order valence-electron chi connectivity index (χ1n) is 32.9. The van der Waals surface area contributed by atoms with Crippen LogP contribution in [0.3, 0.4) is 0 Å². The van der Waals surface area contributed by atoms with Crippen LogP contribution < -0.4 is 5.32 Å². The highest BCUT2D eigenvalue weighted by atomic mass is 16.5. The van der Waals surface area contributed by atoms with Crippen LogP contribution in [0.4, 0.5) is 0 Å². The second kappa shape index (κ2) is 62.1. The number of nitrogens with one attached hydrogen (secondary N) is 1. The minimum atomic E-state index is -0.660. The maximum absolute atomic E-state index is 12.5. The summed E-state index contributed by atoms with van der Waals surface area (Å²) >= 11 is 0. The van der Waals surface area contributed by atoms with Crippen molar-refractivity contribution in [1.82, 2.24) is 5.32 Å². The van der Waals surface area contributed by atoms with Crippen LogP contribution in [0.25, 0.3) is 0 Å². The molecule has 0 aromatic heterocycles. The SMILES string of the molecule is CCCCCCCCC/C=C\CCCCCCCC(=O)OCCCCCCCCCCCCCCCCCCCCCCCCCCCCCC(=O)NC(CO)C(O)CCCCCCCCCCCCCC. The van der Waals surface area contributed by atoms with Crippen molar-refractivity contribution in [3.05, 3.63) is 12.2 Å². The van der Waals surface area contributed by atoms with Gasteiger partial charge in [-0.3, -0.25) is 9.59 Å². The van der Waals surface area contributed by atoms with Gasteiger partial charge in [0.15, 0.2) is 0 Å². The van der Waals surface area contributed by atoms with Gasteiger partial charge in [-0.15, -0.1) is 0 Å². The minimum Gasteiger partial charge on any atom is -0.466 e. The van der Waals surface area contributed by atoms with E-state index in [9.17, 15) is 19.8 Å². The Hall–Kier alpha value is -1.40. The maximum Gasteiger partial charge on any atom is 0.305 e. The fraction of sp³-hybridized carbons (Fsp3) is 0.939. The fourth-order valence-corrected chi connectivity index (χ4v) is 10.5. The van der Waals surface area contributed by atoms with E-state index in [1.165, 1.54) is 295 Å². The molecule has 1 amide bonds. The average molecular weight is 1020 g/mol. The number of carbonyl (C=O) groups excluding carboxylic acids is 2. The monoisotopic (exact) mass is 1020 g/mol. The van der Waals surface area contributed by atoms with E-state index in [0.29, 0.717) is 25.9 Å². The quantitative estimate of drug-likeness (QED) is 0.0320. The van der Waals surface area contributed by atoms with E-state index in [2.05, 4.69) is 31.3 Å². The van der Waals surface area contributed by atoms with Crippen LogP contribution in [0.15, 0.2) is 12.2 Å². The molecule has 6 heteroatoms. The van der Waals surface area contributed by atoms with E-state index in [4.69, 9.17) is 4.74 Å².